The van der Waals surface area contributed by atoms with Crippen molar-refractivity contribution in [3.05, 3.63) is 47.8 Å². The fourth-order valence-electron chi connectivity index (χ4n) is 2.60. The second-order valence-electron chi connectivity index (χ2n) is 5.98. The highest BCUT2D eigenvalue weighted by atomic mass is 127. The third kappa shape index (κ3) is 8.10. The van der Waals surface area contributed by atoms with E-state index in [2.05, 4.69) is 20.1 Å². The standard InChI is InChI=1S/C18H25F2N5O.HI/c1-21-18(22-10-4-5-15-11-23-25(3)13-15)24(2)12-14-6-8-16(9-7-14)26-17(19)20;/h6-9,11,13,17H,4-5,10,12H2,1-3H3,(H,21,22);1H. The largest absolute Gasteiger partial charge is 0.435 e. The molecule has 2 aromatic rings. The number of nitrogens with one attached hydrogen (secondary N) is 1. The fraction of sp³-hybridized carbons (Fsp3) is 0.444. The Hall–Kier alpha value is -1.91. The molecular weight excluding hydrogens is 467 g/mol. The normalized spacial score (nSPS) is 11.3. The summed E-state index contributed by atoms with van der Waals surface area (Å²) in [5.41, 5.74) is 2.19. The lowest BCUT2D eigenvalue weighted by molar-refractivity contribution is -0.0498. The van der Waals surface area contributed by atoms with Gasteiger partial charge in [-0.05, 0) is 36.1 Å². The Morgan fingerprint density at radius 1 is 1.30 bits per heavy atom. The summed E-state index contributed by atoms with van der Waals surface area (Å²) in [7, 11) is 5.57. The second kappa shape index (κ2) is 11.7. The van der Waals surface area contributed by atoms with Crippen LogP contribution in [0.4, 0.5) is 8.78 Å². The Bertz CT molecular complexity index is 706. The molecule has 0 atom stereocenters. The molecule has 1 aromatic heterocycles. The van der Waals surface area contributed by atoms with E-state index in [4.69, 9.17) is 0 Å². The van der Waals surface area contributed by atoms with E-state index in [9.17, 15) is 8.78 Å². The van der Waals surface area contributed by atoms with Gasteiger partial charge in [0.2, 0.25) is 0 Å². The Morgan fingerprint density at radius 3 is 2.56 bits per heavy atom. The summed E-state index contributed by atoms with van der Waals surface area (Å²) in [6.45, 7) is -1.40. The molecule has 9 heteroatoms. The van der Waals surface area contributed by atoms with Crippen molar-refractivity contribution in [1.82, 2.24) is 20.0 Å². The summed E-state index contributed by atoms with van der Waals surface area (Å²) >= 11 is 0. The first-order valence-electron chi connectivity index (χ1n) is 8.41. The van der Waals surface area contributed by atoms with E-state index >= 15 is 0 Å². The number of benzene rings is 1. The van der Waals surface area contributed by atoms with E-state index in [1.807, 2.05) is 31.4 Å². The van der Waals surface area contributed by atoms with Gasteiger partial charge < -0.3 is 15.0 Å². The summed E-state index contributed by atoms with van der Waals surface area (Å²) in [6, 6.07) is 6.62. The van der Waals surface area contributed by atoms with Gasteiger partial charge in [0.15, 0.2) is 5.96 Å². The molecule has 0 aliphatic rings. The van der Waals surface area contributed by atoms with Crippen LogP contribution < -0.4 is 10.1 Å². The predicted octanol–water partition coefficient (Wildman–Crippen LogP) is 3.28. The fourth-order valence-corrected chi connectivity index (χ4v) is 2.60. The minimum Gasteiger partial charge on any atom is -0.435 e. The molecule has 2 rings (SSSR count). The average Bonchev–Trinajstić information content (AvgIpc) is 3.01. The van der Waals surface area contributed by atoms with Crippen LogP contribution in [-0.2, 0) is 20.0 Å². The third-order valence-electron chi connectivity index (χ3n) is 3.83. The molecule has 0 unspecified atom stereocenters. The number of ether oxygens (including phenoxy) is 1. The highest BCUT2D eigenvalue weighted by Crippen LogP contribution is 2.15. The summed E-state index contributed by atoms with van der Waals surface area (Å²) in [4.78, 5) is 6.26. The van der Waals surface area contributed by atoms with Gasteiger partial charge in [-0.1, -0.05) is 12.1 Å². The zero-order valence-corrected chi connectivity index (χ0v) is 18.1. The smallest absolute Gasteiger partial charge is 0.387 e. The lowest BCUT2D eigenvalue weighted by Crippen LogP contribution is -2.39. The minimum absolute atomic E-state index is 0. The van der Waals surface area contributed by atoms with Crippen LogP contribution in [0.5, 0.6) is 5.75 Å². The summed E-state index contributed by atoms with van der Waals surface area (Å²) in [5, 5.41) is 7.49. The zero-order chi connectivity index (χ0) is 18.9. The van der Waals surface area contributed by atoms with Crippen molar-refractivity contribution in [2.45, 2.75) is 26.0 Å². The number of alkyl halides is 2. The van der Waals surface area contributed by atoms with Gasteiger partial charge in [0, 0.05) is 40.4 Å². The predicted molar refractivity (Wildman–Crippen MR) is 113 cm³/mol. The molecule has 0 bridgehead atoms. The Labute approximate surface area is 175 Å². The number of halogens is 3. The maximum Gasteiger partial charge on any atom is 0.387 e. The van der Waals surface area contributed by atoms with Gasteiger partial charge in [0.25, 0.3) is 0 Å². The van der Waals surface area contributed by atoms with Crippen LogP contribution in [0, 0.1) is 0 Å². The maximum absolute atomic E-state index is 12.2. The van der Waals surface area contributed by atoms with E-state index in [0.29, 0.717) is 6.54 Å². The number of guanidine groups is 1. The number of rotatable bonds is 8. The van der Waals surface area contributed by atoms with Crippen molar-refractivity contribution in [3.63, 3.8) is 0 Å². The van der Waals surface area contributed by atoms with Crippen molar-refractivity contribution in [2.75, 3.05) is 20.6 Å². The SMILES string of the molecule is CN=C(NCCCc1cnn(C)c1)N(C)Cc1ccc(OC(F)F)cc1.I. The first kappa shape index (κ1) is 23.1. The van der Waals surface area contributed by atoms with E-state index in [-0.39, 0.29) is 29.7 Å². The molecule has 1 heterocycles. The highest BCUT2D eigenvalue weighted by molar-refractivity contribution is 14.0. The van der Waals surface area contributed by atoms with Crippen LogP contribution >= 0.6 is 24.0 Å². The highest BCUT2D eigenvalue weighted by Gasteiger charge is 2.08. The van der Waals surface area contributed by atoms with Gasteiger partial charge in [0.1, 0.15) is 5.75 Å². The molecule has 0 spiro atoms. The molecule has 27 heavy (non-hydrogen) atoms. The topological polar surface area (TPSA) is 54.7 Å². The monoisotopic (exact) mass is 493 g/mol. The molecule has 0 saturated heterocycles. The number of aliphatic imine (C=N–C) groups is 1. The van der Waals surface area contributed by atoms with Gasteiger partial charge in [-0.25, -0.2) is 0 Å². The van der Waals surface area contributed by atoms with Crippen LogP contribution in [0.1, 0.15) is 17.5 Å². The molecule has 1 N–H and O–H groups in total. The van der Waals surface area contributed by atoms with Crippen LogP contribution in [0.15, 0.2) is 41.7 Å². The molecule has 0 aliphatic carbocycles. The lowest BCUT2D eigenvalue weighted by atomic mass is 10.2. The summed E-state index contributed by atoms with van der Waals surface area (Å²) in [6.07, 6.45) is 5.82. The van der Waals surface area contributed by atoms with Crippen LogP contribution in [0.25, 0.3) is 0 Å². The number of aryl methyl sites for hydroxylation is 2. The Kier molecular flexibility index (Phi) is 10.0. The first-order chi connectivity index (χ1) is 12.5. The van der Waals surface area contributed by atoms with Crippen molar-refractivity contribution in [1.29, 1.82) is 0 Å². The minimum atomic E-state index is -2.81. The summed E-state index contributed by atoms with van der Waals surface area (Å²) in [5.74, 6) is 0.938. The first-order valence-corrected chi connectivity index (χ1v) is 8.41. The summed E-state index contributed by atoms with van der Waals surface area (Å²) < 4.78 is 30.5. The van der Waals surface area contributed by atoms with Gasteiger partial charge in [-0.2, -0.15) is 13.9 Å². The van der Waals surface area contributed by atoms with Gasteiger partial charge in [0.05, 0.1) is 6.20 Å². The molecule has 0 fully saturated rings. The molecule has 150 valence electrons. The number of aromatic nitrogens is 2. The molecule has 6 nitrogen and oxygen atoms in total. The van der Waals surface area contributed by atoms with Gasteiger partial charge >= 0.3 is 6.61 Å². The molecule has 0 radical (unpaired) electrons. The molecular formula is C18H26F2IN5O. The number of nitrogens with zero attached hydrogens (tertiary/aromatic N) is 4. The zero-order valence-electron chi connectivity index (χ0n) is 15.7. The quantitative estimate of drug-likeness (QED) is 0.266. The molecule has 0 amide bonds. The second-order valence-corrected chi connectivity index (χ2v) is 5.98. The van der Waals surface area contributed by atoms with Crippen molar-refractivity contribution in [2.24, 2.45) is 12.0 Å². The van der Waals surface area contributed by atoms with Gasteiger partial charge in [-0.15, -0.1) is 24.0 Å². The molecule has 1 aromatic carbocycles. The van der Waals surface area contributed by atoms with Crippen molar-refractivity contribution >= 4 is 29.9 Å². The number of hydrogen-bond acceptors (Lipinski definition) is 3. The number of hydrogen-bond donors (Lipinski definition) is 1. The maximum atomic E-state index is 12.2. The van der Waals surface area contributed by atoms with Crippen molar-refractivity contribution < 1.29 is 13.5 Å². The lowest BCUT2D eigenvalue weighted by Gasteiger charge is -2.22. The van der Waals surface area contributed by atoms with Crippen molar-refractivity contribution in [3.8, 4) is 5.75 Å². The van der Waals surface area contributed by atoms with Crippen LogP contribution in [0.2, 0.25) is 0 Å². The third-order valence-corrected chi connectivity index (χ3v) is 3.83. The van der Waals surface area contributed by atoms with Gasteiger partial charge in [-0.3, -0.25) is 9.67 Å². The van der Waals surface area contributed by atoms with E-state index < -0.39 is 6.61 Å². The van der Waals surface area contributed by atoms with E-state index in [0.717, 1.165) is 30.9 Å². The molecule has 0 saturated carbocycles. The van der Waals surface area contributed by atoms with E-state index in [1.54, 1.807) is 36.0 Å². The molecule has 0 aliphatic heterocycles. The van der Waals surface area contributed by atoms with Crippen LogP contribution in [0.3, 0.4) is 0 Å². The Balaban J connectivity index is 0.00000364. The van der Waals surface area contributed by atoms with Crippen LogP contribution in [-0.4, -0.2) is 47.9 Å². The van der Waals surface area contributed by atoms with E-state index in [1.165, 1.54) is 5.56 Å². The Morgan fingerprint density at radius 2 is 2.00 bits per heavy atom. The average molecular weight is 493 g/mol.